The van der Waals surface area contributed by atoms with Crippen LogP contribution in [0.4, 0.5) is 5.69 Å². The number of carbonyl (C=O) groups is 1. The summed E-state index contributed by atoms with van der Waals surface area (Å²) >= 11 is 0. The molecule has 1 saturated heterocycles. The maximum Gasteiger partial charge on any atom is 0.282 e. The molecule has 1 amide bonds. The number of benzene rings is 2. The minimum atomic E-state index is -0.129. The van der Waals surface area contributed by atoms with E-state index in [4.69, 9.17) is 10.00 Å². The van der Waals surface area contributed by atoms with Crippen molar-refractivity contribution in [3.8, 4) is 11.8 Å². The Bertz CT molecular complexity index is 898. The first-order chi connectivity index (χ1) is 14.0. The molecule has 1 aliphatic rings. The first-order valence-electron chi connectivity index (χ1n) is 10.1. The summed E-state index contributed by atoms with van der Waals surface area (Å²) in [6, 6.07) is 15.3. The smallest absolute Gasteiger partial charge is 0.282 e. The number of carbonyl (C=O) groups excluding carboxylic acids is 1. The van der Waals surface area contributed by atoms with E-state index in [-0.39, 0.29) is 11.9 Å². The molecule has 0 unspecified atom stereocenters. The molecule has 0 bridgehead atoms. The molecule has 0 saturated carbocycles. The molecule has 2 aromatic carbocycles. The Hall–Kier alpha value is -2.88. The van der Waals surface area contributed by atoms with Gasteiger partial charge in [0, 0.05) is 11.3 Å². The lowest BCUT2D eigenvalue weighted by Gasteiger charge is -2.32. The van der Waals surface area contributed by atoms with Crippen LogP contribution in [0.3, 0.4) is 0 Å². The standard InChI is InChI=1S/C23H28N4O2/c1-17-7-8-22(29-3)20(13-17)16-26-9-11-27(12-10-26)18(2)23(28)25-21-6-4-5-19(14-21)15-24/h4-8,13-14,18H,9-12,16H2,1-3H3,(H,25,28)/p+2/t18-/m1/s1. The quantitative estimate of drug-likeness (QED) is 0.655. The lowest BCUT2D eigenvalue weighted by molar-refractivity contribution is -1.02. The SMILES string of the molecule is COc1ccc(C)cc1C[NH+]1CC[NH+]([C@H](C)C(=O)Nc2cccc(C#N)c2)CC1. The summed E-state index contributed by atoms with van der Waals surface area (Å²) in [5.74, 6) is 0.948. The summed E-state index contributed by atoms with van der Waals surface area (Å²) in [4.78, 5) is 15.5. The van der Waals surface area contributed by atoms with E-state index in [0.29, 0.717) is 11.3 Å². The van der Waals surface area contributed by atoms with E-state index >= 15 is 0 Å². The van der Waals surface area contributed by atoms with Crippen molar-refractivity contribution in [1.29, 1.82) is 5.26 Å². The van der Waals surface area contributed by atoms with Crippen LogP contribution in [0.25, 0.3) is 0 Å². The molecule has 6 nitrogen and oxygen atoms in total. The molecular weight excluding hydrogens is 364 g/mol. The number of piperazine rings is 1. The van der Waals surface area contributed by atoms with Crippen LogP contribution in [0.15, 0.2) is 42.5 Å². The molecule has 1 atom stereocenters. The van der Waals surface area contributed by atoms with Crippen LogP contribution in [-0.2, 0) is 11.3 Å². The summed E-state index contributed by atoms with van der Waals surface area (Å²) in [5, 5.41) is 12.0. The molecule has 3 N–H and O–H groups in total. The van der Waals surface area contributed by atoms with Crippen molar-refractivity contribution in [2.75, 3.05) is 38.6 Å². The topological polar surface area (TPSA) is 71.0 Å². The Labute approximate surface area is 172 Å². The van der Waals surface area contributed by atoms with Gasteiger partial charge in [0.25, 0.3) is 5.91 Å². The summed E-state index contributed by atoms with van der Waals surface area (Å²) < 4.78 is 5.51. The van der Waals surface area contributed by atoms with Crippen molar-refractivity contribution in [2.24, 2.45) is 0 Å². The van der Waals surface area contributed by atoms with Gasteiger partial charge >= 0.3 is 0 Å². The number of aryl methyl sites for hydroxylation is 1. The Kier molecular flexibility index (Phi) is 6.86. The van der Waals surface area contributed by atoms with Gasteiger partial charge in [-0.1, -0.05) is 17.7 Å². The third kappa shape index (κ3) is 5.35. The molecule has 0 aliphatic carbocycles. The minimum absolute atomic E-state index is 0.00102. The van der Waals surface area contributed by atoms with E-state index in [9.17, 15) is 4.79 Å². The van der Waals surface area contributed by atoms with Crippen LogP contribution in [0, 0.1) is 18.3 Å². The van der Waals surface area contributed by atoms with Crippen molar-refractivity contribution in [1.82, 2.24) is 0 Å². The number of hydrogen-bond donors (Lipinski definition) is 3. The maximum absolute atomic E-state index is 12.7. The second-order valence-corrected chi connectivity index (χ2v) is 7.80. The lowest BCUT2D eigenvalue weighted by atomic mass is 10.1. The van der Waals surface area contributed by atoms with Gasteiger partial charge in [-0.05, 0) is 44.2 Å². The van der Waals surface area contributed by atoms with Crippen molar-refractivity contribution in [2.45, 2.75) is 26.4 Å². The Morgan fingerprint density at radius 3 is 2.66 bits per heavy atom. The third-order valence-corrected chi connectivity index (χ3v) is 5.74. The van der Waals surface area contributed by atoms with Gasteiger partial charge in [-0.3, -0.25) is 4.79 Å². The van der Waals surface area contributed by atoms with Crippen LogP contribution in [0.1, 0.15) is 23.6 Å². The predicted octanol–water partition coefficient (Wildman–Crippen LogP) is 0.186. The Balaban J connectivity index is 1.54. The molecule has 3 rings (SSSR count). The van der Waals surface area contributed by atoms with Crippen LogP contribution >= 0.6 is 0 Å². The van der Waals surface area contributed by atoms with Gasteiger partial charge in [-0.2, -0.15) is 5.26 Å². The number of amides is 1. The third-order valence-electron chi connectivity index (χ3n) is 5.74. The molecule has 29 heavy (non-hydrogen) atoms. The first-order valence-corrected chi connectivity index (χ1v) is 10.1. The van der Waals surface area contributed by atoms with Gasteiger partial charge in [-0.25, -0.2) is 0 Å². The second-order valence-electron chi connectivity index (χ2n) is 7.80. The summed E-state index contributed by atoms with van der Waals surface area (Å²) in [6.07, 6.45) is 0. The van der Waals surface area contributed by atoms with E-state index in [1.54, 1.807) is 25.3 Å². The highest BCUT2D eigenvalue weighted by molar-refractivity contribution is 5.93. The highest BCUT2D eigenvalue weighted by Crippen LogP contribution is 2.18. The number of nitrogens with one attached hydrogen (secondary N) is 3. The molecule has 0 radical (unpaired) electrons. The average Bonchev–Trinajstić information content (AvgIpc) is 2.74. The fraction of sp³-hybridized carbons (Fsp3) is 0.391. The normalized spacial score (nSPS) is 19.8. The van der Waals surface area contributed by atoms with Crippen molar-refractivity contribution < 1.29 is 19.3 Å². The number of rotatable bonds is 6. The maximum atomic E-state index is 12.7. The molecule has 0 aromatic heterocycles. The van der Waals surface area contributed by atoms with E-state index in [1.807, 2.05) is 19.1 Å². The van der Waals surface area contributed by atoms with Gasteiger partial charge in [0.2, 0.25) is 0 Å². The molecule has 6 heteroatoms. The second kappa shape index (κ2) is 9.55. The molecule has 1 fully saturated rings. The van der Waals surface area contributed by atoms with Gasteiger partial charge in [0.05, 0.1) is 18.7 Å². The van der Waals surface area contributed by atoms with E-state index in [2.05, 4.69) is 30.4 Å². The first kappa shape index (κ1) is 20.8. The number of nitrogens with zero attached hydrogens (tertiary/aromatic N) is 1. The minimum Gasteiger partial charge on any atom is -0.496 e. The van der Waals surface area contributed by atoms with Crippen LogP contribution in [-0.4, -0.2) is 45.2 Å². The monoisotopic (exact) mass is 394 g/mol. The van der Waals surface area contributed by atoms with Gasteiger partial charge in [0.1, 0.15) is 38.5 Å². The molecule has 1 aliphatic heterocycles. The number of nitriles is 1. The number of ether oxygens (including phenoxy) is 1. The highest BCUT2D eigenvalue weighted by atomic mass is 16.5. The Morgan fingerprint density at radius 2 is 1.97 bits per heavy atom. The van der Waals surface area contributed by atoms with Crippen molar-refractivity contribution in [3.63, 3.8) is 0 Å². The molecule has 2 aromatic rings. The van der Waals surface area contributed by atoms with Gasteiger partial charge in [-0.15, -0.1) is 0 Å². The zero-order chi connectivity index (χ0) is 20.8. The Morgan fingerprint density at radius 1 is 1.21 bits per heavy atom. The number of anilines is 1. The van der Waals surface area contributed by atoms with Gasteiger partial charge in [0.15, 0.2) is 6.04 Å². The molecular formula is C23H30N4O2+2. The highest BCUT2D eigenvalue weighted by Gasteiger charge is 2.31. The number of methoxy groups -OCH3 is 1. The van der Waals surface area contributed by atoms with Crippen LogP contribution in [0.2, 0.25) is 0 Å². The lowest BCUT2D eigenvalue weighted by Crippen LogP contribution is -3.29. The zero-order valence-corrected chi connectivity index (χ0v) is 17.4. The van der Waals surface area contributed by atoms with Crippen LogP contribution in [0.5, 0.6) is 5.75 Å². The number of quaternary nitrogens is 2. The van der Waals surface area contributed by atoms with E-state index in [0.717, 1.165) is 38.5 Å². The molecule has 0 spiro atoms. The van der Waals surface area contributed by atoms with Crippen LogP contribution < -0.4 is 19.9 Å². The summed E-state index contributed by atoms with van der Waals surface area (Å²) in [7, 11) is 1.72. The predicted molar refractivity (Wildman–Crippen MR) is 112 cm³/mol. The average molecular weight is 395 g/mol. The zero-order valence-electron chi connectivity index (χ0n) is 17.4. The summed E-state index contributed by atoms with van der Waals surface area (Å²) in [5.41, 5.74) is 3.71. The molecule has 152 valence electrons. The van der Waals surface area contributed by atoms with Crippen molar-refractivity contribution in [3.05, 3.63) is 59.2 Å². The molecule has 1 heterocycles. The number of hydrogen-bond acceptors (Lipinski definition) is 3. The van der Waals surface area contributed by atoms with Gasteiger partial charge < -0.3 is 19.9 Å². The van der Waals surface area contributed by atoms with E-state index in [1.165, 1.54) is 20.9 Å². The fourth-order valence-corrected chi connectivity index (χ4v) is 3.95. The largest absolute Gasteiger partial charge is 0.496 e. The summed E-state index contributed by atoms with van der Waals surface area (Å²) in [6.45, 7) is 8.98. The fourth-order valence-electron chi connectivity index (χ4n) is 3.95. The van der Waals surface area contributed by atoms with Crippen molar-refractivity contribution >= 4 is 11.6 Å². The van der Waals surface area contributed by atoms with E-state index < -0.39 is 0 Å².